The zero-order chi connectivity index (χ0) is 9.26. The van der Waals surface area contributed by atoms with Crippen molar-refractivity contribution in [2.45, 2.75) is 6.92 Å². The standard InChI is InChI=1S/C11H9BrS/c1-8-2-3-10(12)6-11(8)9-4-5-13-7-9/h2-7H,1H3. The van der Waals surface area contributed by atoms with E-state index >= 15 is 0 Å². The molecular formula is C11H9BrS. The molecule has 0 amide bonds. The van der Waals surface area contributed by atoms with E-state index in [-0.39, 0.29) is 0 Å². The van der Waals surface area contributed by atoms with Crippen LogP contribution in [0.3, 0.4) is 0 Å². The van der Waals surface area contributed by atoms with E-state index in [1.54, 1.807) is 11.3 Å². The molecule has 0 aliphatic heterocycles. The highest BCUT2D eigenvalue weighted by Crippen LogP contribution is 2.28. The number of thiophene rings is 1. The second kappa shape index (κ2) is 3.64. The van der Waals surface area contributed by atoms with Crippen LogP contribution in [-0.4, -0.2) is 0 Å². The quantitative estimate of drug-likeness (QED) is 0.702. The zero-order valence-corrected chi connectivity index (χ0v) is 9.65. The van der Waals surface area contributed by atoms with Crippen LogP contribution < -0.4 is 0 Å². The lowest BCUT2D eigenvalue weighted by molar-refractivity contribution is 1.45. The van der Waals surface area contributed by atoms with Crippen LogP contribution in [0, 0.1) is 6.92 Å². The molecule has 0 unspecified atom stereocenters. The van der Waals surface area contributed by atoms with E-state index in [0.29, 0.717) is 0 Å². The first kappa shape index (κ1) is 8.97. The SMILES string of the molecule is Cc1ccc(Br)cc1-c1ccsc1. The molecular weight excluding hydrogens is 244 g/mol. The lowest BCUT2D eigenvalue weighted by Gasteiger charge is -2.03. The predicted molar refractivity (Wildman–Crippen MR) is 62.2 cm³/mol. The van der Waals surface area contributed by atoms with Crippen molar-refractivity contribution >= 4 is 27.3 Å². The molecule has 2 rings (SSSR count). The summed E-state index contributed by atoms with van der Waals surface area (Å²) in [6.07, 6.45) is 0. The van der Waals surface area contributed by atoms with Crippen molar-refractivity contribution in [2.75, 3.05) is 0 Å². The number of benzene rings is 1. The Morgan fingerprint density at radius 3 is 2.77 bits per heavy atom. The Morgan fingerprint density at radius 1 is 1.23 bits per heavy atom. The van der Waals surface area contributed by atoms with Crippen LogP contribution >= 0.6 is 27.3 Å². The minimum Gasteiger partial charge on any atom is -0.152 e. The van der Waals surface area contributed by atoms with E-state index in [0.717, 1.165) is 4.47 Å². The summed E-state index contributed by atoms with van der Waals surface area (Å²) in [5.74, 6) is 0. The molecule has 1 aromatic heterocycles. The van der Waals surface area contributed by atoms with Gasteiger partial charge in [0.05, 0.1) is 0 Å². The normalized spacial score (nSPS) is 10.3. The zero-order valence-electron chi connectivity index (χ0n) is 7.25. The topological polar surface area (TPSA) is 0 Å². The molecule has 0 saturated heterocycles. The summed E-state index contributed by atoms with van der Waals surface area (Å²) >= 11 is 5.22. The Morgan fingerprint density at radius 2 is 2.08 bits per heavy atom. The van der Waals surface area contributed by atoms with Crippen LogP contribution in [0.2, 0.25) is 0 Å². The molecule has 2 heteroatoms. The van der Waals surface area contributed by atoms with Crippen LogP contribution in [0.4, 0.5) is 0 Å². The third-order valence-corrected chi connectivity index (χ3v) is 3.21. The molecule has 0 radical (unpaired) electrons. The molecule has 0 N–H and O–H groups in total. The Hall–Kier alpha value is -0.600. The van der Waals surface area contributed by atoms with Crippen LogP contribution in [0.5, 0.6) is 0 Å². The van der Waals surface area contributed by atoms with Crippen LogP contribution in [0.15, 0.2) is 39.5 Å². The second-order valence-electron chi connectivity index (χ2n) is 2.97. The van der Waals surface area contributed by atoms with Crippen molar-refractivity contribution in [3.63, 3.8) is 0 Å². The van der Waals surface area contributed by atoms with Crippen molar-refractivity contribution < 1.29 is 0 Å². The van der Waals surface area contributed by atoms with E-state index in [9.17, 15) is 0 Å². The summed E-state index contributed by atoms with van der Waals surface area (Å²) in [4.78, 5) is 0. The summed E-state index contributed by atoms with van der Waals surface area (Å²) < 4.78 is 1.14. The van der Waals surface area contributed by atoms with Crippen molar-refractivity contribution in [2.24, 2.45) is 0 Å². The number of hydrogen-bond donors (Lipinski definition) is 0. The monoisotopic (exact) mass is 252 g/mol. The fourth-order valence-electron chi connectivity index (χ4n) is 1.32. The summed E-state index contributed by atoms with van der Waals surface area (Å²) in [5, 5.41) is 4.28. The van der Waals surface area contributed by atoms with E-state index in [1.807, 2.05) is 0 Å². The van der Waals surface area contributed by atoms with Gasteiger partial charge < -0.3 is 0 Å². The summed E-state index contributed by atoms with van der Waals surface area (Å²) in [6.45, 7) is 2.14. The molecule has 0 atom stereocenters. The van der Waals surface area contributed by atoms with E-state index < -0.39 is 0 Å². The molecule has 13 heavy (non-hydrogen) atoms. The largest absolute Gasteiger partial charge is 0.152 e. The Kier molecular flexibility index (Phi) is 2.51. The maximum Gasteiger partial charge on any atom is 0.0181 e. The van der Waals surface area contributed by atoms with E-state index in [4.69, 9.17) is 0 Å². The lowest BCUT2D eigenvalue weighted by Crippen LogP contribution is -1.80. The molecule has 0 bridgehead atoms. The lowest BCUT2D eigenvalue weighted by atomic mass is 10.0. The van der Waals surface area contributed by atoms with Crippen LogP contribution in [-0.2, 0) is 0 Å². The molecule has 0 nitrogen and oxygen atoms in total. The maximum atomic E-state index is 3.49. The average Bonchev–Trinajstić information content (AvgIpc) is 2.61. The highest BCUT2D eigenvalue weighted by Gasteiger charge is 2.01. The molecule has 2 aromatic rings. The average molecular weight is 253 g/mol. The molecule has 66 valence electrons. The van der Waals surface area contributed by atoms with E-state index in [1.165, 1.54) is 16.7 Å². The van der Waals surface area contributed by atoms with Gasteiger partial charge in [0.1, 0.15) is 0 Å². The third-order valence-electron chi connectivity index (χ3n) is 2.03. The number of halogens is 1. The fraction of sp³-hybridized carbons (Fsp3) is 0.0909. The van der Waals surface area contributed by atoms with Crippen LogP contribution in [0.25, 0.3) is 11.1 Å². The molecule has 1 aromatic carbocycles. The molecule has 1 heterocycles. The number of hydrogen-bond acceptors (Lipinski definition) is 1. The van der Waals surface area contributed by atoms with Gasteiger partial charge in [-0.25, -0.2) is 0 Å². The predicted octanol–water partition coefficient (Wildman–Crippen LogP) is 4.49. The highest BCUT2D eigenvalue weighted by atomic mass is 79.9. The van der Waals surface area contributed by atoms with Crippen molar-refractivity contribution in [3.05, 3.63) is 45.1 Å². The van der Waals surface area contributed by atoms with Gasteiger partial charge in [-0.05, 0) is 52.6 Å². The first-order valence-corrected chi connectivity index (χ1v) is 5.79. The van der Waals surface area contributed by atoms with Gasteiger partial charge in [0.2, 0.25) is 0 Å². The van der Waals surface area contributed by atoms with Gasteiger partial charge in [-0.2, -0.15) is 11.3 Å². The van der Waals surface area contributed by atoms with Gasteiger partial charge >= 0.3 is 0 Å². The Labute approximate surface area is 90.4 Å². The highest BCUT2D eigenvalue weighted by molar-refractivity contribution is 9.10. The summed E-state index contributed by atoms with van der Waals surface area (Å²) in [6, 6.07) is 8.53. The summed E-state index contributed by atoms with van der Waals surface area (Å²) in [7, 11) is 0. The maximum absolute atomic E-state index is 3.49. The number of aryl methyl sites for hydroxylation is 1. The van der Waals surface area contributed by atoms with Crippen molar-refractivity contribution in [1.29, 1.82) is 0 Å². The van der Waals surface area contributed by atoms with Gasteiger partial charge in [0.15, 0.2) is 0 Å². The summed E-state index contributed by atoms with van der Waals surface area (Å²) in [5.41, 5.74) is 3.95. The fourth-order valence-corrected chi connectivity index (χ4v) is 2.34. The molecule has 0 aliphatic rings. The van der Waals surface area contributed by atoms with Gasteiger partial charge in [0, 0.05) is 4.47 Å². The first-order chi connectivity index (χ1) is 6.27. The smallest absolute Gasteiger partial charge is 0.0181 e. The second-order valence-corrected chi connectivity index (χ2v) is 4.67. The number of rotatable bonds is 1. The van der Waals surface area contributed by atoms with Gasteiger partial charge in [-0.1, -0.05) is 22.0 Å². The molecule has 0 fully saturated rings. The van der Waals surface area contributed by atoms with Gasteiger partial charge in [0.25, 0.3) is 0 Å². The van der Waals surface area contributed by atoms with Crippen LogP contribution in [0.1, 0.15) is 5.56 Å². The third kappa shape index (κ3) is 1.84. The first-order valence-electron chi connectivity index (χ1n) is 4.06. The Balaban J connectivity index is 2.57. The minimum absolute atomic E-state index is 1.14. The van der Waals surface area contributed by atoms with Crippen molar-refractivity contribution in [3.8, 4) is 11.1 Å². The minimum atomic E-state index is 1.14. The molecule has 0 aliphatic carbocycles. The molecule has 0 spiro atoms. The molecule has 0 saturated carbocycles. The van der Waals surface area contributed by atoms with E-state index in [2.05, 4.69) is 57.9 Å². The van der Waals surface area contributed by atoms with Gasteiger partial charge in [-0.3, -0.25) is 0 Å². The van der Waals surface area contributed by atoms with Crippen molar-refractivity contribution in [1.82, 2.24) is 0 Å². The van der Waals surface area contributed by atoms with Gasteiger partial charge in [-0.15, -0.1) is 0 Å². The Bertz CT molecular complexity index is 404.